The van der Waals surface area contributed by atoms with Gasteiger partial charge in [-0.3, -0.25) is 4.57 Å². The van der Waals surface area contributed by atoms with E-state index in [-0.39, 0.29) is 12.1 Å². The third-order valence-electron chi connectivity index (χ3n) is 1.93. The Bertz CT molecular complexity index is 280. The molecule has 4 nitrogen and oxygen atoms in total. The Hall–Kier alpha value is -1.32. The second-order valence-corrected chi connectivity index (χ2v) is 3.95. The van der Waals surface area contributed by atoms with Crippen molar-refractivity contribution in [1.29, 1.82) is 0 Å². The summed E-state index contributed by atoms with van der Waals surface area (Å²) in [5, 5.41) is 2.90. The van der Waals surface area contributed by atoms with Gasteiger partial charge in [-0.05, 0) is 19.3 Å². The third-order valence-corrected chi connectivity index (χ3v) is 1.93. The molecule has 1 N–H and O–H groups in total. The Balaban J connectivity index is 2.41. The summed E-state index contributed by atoms with van der Waals surface area (Å²) in [5.41, 5.74) is 0. The molecule has 0 bridgehead atoms. The topological polar surface area (TPSA) is 46.9 Å². The second kappa shape index (κ2) is 4.79. The molecule has 1 rings (SSSR count). The molecular weight excluding hydrogens is 178 g/mol. The SMILES string of the molecule is CC(C)CC(C)NC(=O)n1ccnc1. The van der Waals surface area contributed by atoms with E-state index in [1.807, 2.05) is 6.92 Å². The van der Waals surface area contributed by atoms with Gasteiger partial charge in [-0.2, -0.15) is 0 Å². The Labute approximate surface area is 84.3 Å². The van der Waals surface area contributed by atoms with E-state index in [4.69, 9.17) is 0 Å². The van der Waals surface area contributed by atoms with Crippen LogP contribution in [0.25, 0.3) is 0 Å². The van der Waals surface area contributed by atoms with Gasteiger partial charge in [0.25, 0.3) is 0 Å². The van der Waals surface area contributed by atoms with Crippen LogP contribution in [-0.2, 0) is 0 Å². The van der Waals surface area contributed by atoms with E-state index in [9.17, 15) is 4.79 Å². The van der Waals surface area contributed by atoms with E-state index >= 15 is 0 Å². The molecule has 78 valence electrons. The lowest BCUT2D eigenvalue weighted by atomic mass is 10.1. The molecule has 0 aliphatic heterocycles. The van der Waals surface area contributed by atoms with Crippen molar-refractivity contribution in [2.45, 2.75) is 33.2 Å². The fourth-order valence-corrected chi connectivity index (χ4v) is 1.43. The summed E-state index contributed by atoms with van der Waals surface area (Å²) in [4.78, 5) is 15.3. The highest BCUT2D eigenvalue weighted by Crippen LogP contribution is 2.03. The van der Waals surface area contributed by atoms with Gasteiger partial charge in [-0.1, -0.05) is 13.8 Å². The van der Waals surface area contributed by atoms with Gasteiger partial charge in [0.05, 0.1) is 0 Å². The number of carbonyl (C=O) groups excluding carboxylic acids is 1. The van der Waals surface area contributed by atoms with Crippen LogP contribution in [-0.4, -0.2) is 21.6 Å². The molecule has 0 aliphatic carbocycles. The molecule has 1 heterocycles. The summed E-state index contributed by atoms with van der Waals surface area (Å²) >= 11 is 0. The zero-order valence-electron chi connectivity index (χ0n) is 8.90. The molecule has 0 spiro atoms. The summed E-state index contributed by atoms with van der Waals surface area (Å²) in [6.45, 7) is 6.29. The zero-order chi connectivity index (χ0) is 10.6. The van der Waals surface area contributed by atoms with Crippen molar-refractivity contribution >= 4 is 6.03 Å². The fraction of sp³-hybridized carbons (Fsp3) is 0.600. The quantitative estimate of drug-likeness (QED) is 0.800. The summed E-state index contributed by atoms with van der Waals surface area (Å²) in [5.74, 6) is 0.591. The van der Waals surface area contributed by atoms with Gasteiger partial charge in [-0.25, -0.2) is 9.78 Å². The van der Waals surface area contributed by atoms with Crippen molar-refractivity contribution in [2.24, 2.45) is 5.92 Å². The molecule has 1 aromatic heterocycles. The molecule has 0 radical (unpaired) electrons. The molecule has 4 heteroatoms. The number of rotatable bonds is 3. The van der Waals surface area contributed by atoms with Crippen LogP contribution in [0.2, 0.25) is 0 Å². The summed E-state index contributed by atoms with van der Waals surface area (Å²) in [6.07, 6.45) is 5.71. The van der Waals surface area contributed by atoms with Crippen LogP contribution in [0.3, 0.4) is 0 Å². The molecule has 0 aliphatic rings. The zero-order valence-corrected chi connectivity index (χ0v) is 8.90. The summed E-state index contributed by atoms with van der Waals surface area (Å²) in [6, 6.07) is 0.0838. The maximum Gasteiger partial charge on any atom is 0.327 e. The van der Waals surface area contributed by atoms with E-state index in [0.717, 1.165) is 6.42 Å². The van der Waals surface area contributed by atoms with Crippen LogP contribution in [0.15, 0.2) is 18.7 Å². The van der Waals surface area contributed by atoms with E-state index < -0.39 is 0 Å². The lowest BCUT2D eigenvalue weighted by Crippen LogP contribution is -2.36. The van der Waals surface area contributed by atoms with E-state index in [2.05, 4.69) is 24.1 Å². The Morgan fingerprint density at radius 3 is 2.71 bits per heavy atom. The van der Waals surface area contributed by atoms with Crippen molar-refractivity contribution in [3.63, 3.8) is 0 Å². The highest BCUT2D eigenvalue weighted by molar-refractivity contribution is 5.76. The number of carbonyl (C=O) groups is 1. The number of aromatic nitrogens is 2. The van der Waals surface area contributed by atoms with Crippen LogP contribution >= 0.6 is 0 Å². The van der Waals surface area contributed by atoms with Gasteiger partial charge in [-0.15, -0.1) is 0 Å². The van der Waals surface area contributed by atoms with Crippen molar-refractivity contribution in [3.8, 4) is 0 Å². The van der Waals surface area contributed by atoms with Gasteiger partial charge in [0.15, 0.2) is 0 Å². The predicted octanol–water partition coefficient (Wildman–Crippen LogP) is 1.88. The number of nitrogens with one attached hydrogen (secondary N) is 1. The van der Waals surface area contributed by atoms with Crippen LogP contribution in [0.4, 0.5) is 4.79 Å². The number of hydrogen-bond donors (Lipinski definition) is 1. The van der Waals surface area contributed by atoms with Crippen LogP contribution in [0, 0.1) is 5.92 Å². The summed E-state index contributed by atoms with van der Waals surface area (Å²) in [7, 11) is 0. The minimum Gasteiger partial charge on any atom is -0.335 e. The molecule has 1 aromatic rings. The van der Waals surface area contributed by atoms with Crippen molar-refractivity contribution < 1.29 is 4.79 Å². The smallest absolute Gasteiger partial charge is 0.327 e. The molecule has 0 fully saturated rings. The molecule has 1 amide bonds. The summed E-state index contributed by atoms with van der Waals surface area (Å²) < 4.78 is 1.44. The lowest BCUT2D eigenvalue weighted by Gasteiger charge is -2.15. The largest absolute Gasteiger partial charge is 0.335 e. The van der Waals surface area contributed by atoms with E-state index in [1.165, 1.54) is 10.9 Å². The average Bonchev–Trinajstić information content (AvgIpc) is 2.53. The highest BCUT2D eigenvalue weighted by atomic mass is 16.2. The first-order valence-corrected chi connectivity index (χ1v) is 4.88. The van der Waals surface area contributed by atoms with Gasteiger partial charge in [0.1, 0.15) is 6.33 Å². The predicted molar refractivity (Wildman–Crippen MR) is 55.1 cm³/mol. The van der Waals surface area contributed by atoms with Gasteiger partial charge < -0.3 is 5.32 Å². The fourth-order valence-electron chi connectivity index (χ4n) is 1.43. The molecule has 1 unspecified atom stereocenters. The van der Waals surface area contributed by atoms with Crippen LogP contribution in [0.5, 0.6) is 0 Å². The number of nitrogens with zero attached hydrogens (tertiary/aromatic N) is 2. The maximum atomic E-state index is 11.5. The van der Waals surface area contributed by atoms with Crippen molar-refractivity contribution in [1.82, 2.24) is 14.9 Å². The average molecular weight is 195 g/mol. The highest BCUT2D eigenvalue weighted by Gasteiger charge is 2.09. The van der Waals surface area contributed by atoms with Gasteiger partial charge in [0, 0.05) is 18.4 Å². The Kier molecular flexibility index (Phi) is 3.68. The molecule has 0 saturated carbocycles. The van der Waals surface area contributed by atoms with Gasteiger partial charge >= 0.3 is 6.03 Å². The van der Waals surface area contributed by atoms with E-state index in [0.29, 0.717) is 5.92 Å². The number of amides is 1. The van der Waals surface area contributed by atoms with Crippen molar-refractivity contribution in [2.75, 3.05) is 0 Å². The second-order valence-electron chi connectivity index (χ2n) is 3.95. The molecular formula is C10H17N3O. The Morgan fingerprint density at radius 1 is 1.50 bits per heavy atom. The number of imidazole rings is 1. The standard InChI is InChI=1S/C10H17N3O/c1-8(2)6-9(3)12-10(14)13-5-4-11-7-13/h4-5,7-9H,6H2,1-3H3,(H,12,14). The number of hydrogen-bond acceptors (Lipinski definition) is 2. The van der Waals surface area contributed by atoms with Crippen LogP contribution in [0.1, 0.15) is 27.2 Å². The normalized spacial score (nSPS) is 12.9. The minimum atomic E-state index is -0.115. The van der Waals surface area contributed by atoms with Gasteiger partial charge in [0.2, 0.25) is 0 Å². The monoisotopic (exact) mass is 195 g/mol. The van der Waals surface area contributed by atoms with Crippen molar-refractivity contribution in [3.05, 3.63) is 18.7 Å². The molecule has 14 heavy (non-hydrogen) atoms. The Morgan fingerprint density at radius 2 is 2.21 bits per heavy atom. The first-order valence-electron chi connectivity index (χ1n) is 4.88. The molecule has 0 saturated heterocycles. The minimum absolute atomic E-state index is 0.115. The van der Waals surface area contributed by atoms with E-state index in [1.54, 1.807) is 12.4 Å². The maximum absolute atomic E-state index is 11.5. The first kappa shape index (κ1) is 10.8. The third kappa shape index (κ3) is 3.20. The lowest BCUT2D eigenvalue weighted by molar-refractivity contribution is 0.237. The molecule has 0 aromatic carbocycles. The first-order chi connectivity index (χ1) is 6.59. The molecule has 1 atom stereocenters. The van der Waals surface area contributed by atoms with Crippen LogP contribution < -0.4 is 5.32 Å².